The molecule has 92 valence electrons. The van der Waals surface area contributed by atoms with Gasteiger partial charge in [-0.25, -0.2) is 0 Å². The molecule has 0 spiro atoms. The first-order chi connectivity index (χ1) is 8.38. The fraction of sp³-hybridized carbons (Fsp3) is 0.727. The zero-order valence-corrected chi connectivity index (χ0v) is 10.6. The highest BCUT2D eigenvalue weighted by molar-refractivity contribution is 7.16. The number of aryl methyl sites for hydroxylation is 1. The zero-order valence-electron chi connectivity index (χ0n) is 9.80. The van der Waals surface area contributed by atoms with Crippen LogP contribution in [0.25, 0.3) is 4.96 Å². The molecule has 17 heavy (non-hydrogen) atoms. The number of nitrogens with two attached hydrogens (primary N) is 1. The summed E-state index contributed by atoms with van der Waals surface area (Å²) in [5.74, 6) is 1.63. The fourth-order valence-electron chi connectivity index (χ4n) is 2.46. The van der Waals surface area contributed by atoms with Crippen LogP contribution in [-0.2, 0) is 6.42 Å². The van der Waals surface area contributed by atoms with Gasteiger partial charge in [0.2, 0.25) is 4.96 Å². The van der Waals surface area contributed by atoms with Crippen molar-refractivity contribution in [1.82, 2.24) is 19.8 Å². The molecule has 1 aliphatic carbocycles. The molecule has 1 saturated carbocycles. The van der Waals surface area contributed by atoms with Crippen molar-refractivity contribution < 1.29 is 0 Å². The van der Waals surface area contributed by atoms with E-state index in [-0.39, 0.29) is 0 Å². The zero-order chi connectivity index (χ0) is 11.7. The summed E-state index contributed by atoms with van der Waals surface area (Å²) in [6.45, 7) is 0.718. The molecule has 1 fully saturated rings. The average Bonchev–Trinajstić information content (AvgIpc) is 3.01. The third kappa shape index (κ3) is 2.07. The molecule has 5 nitrogen and oxygen atoms in total. The first-order valence-electron chi connectivity index (χ1n) is 6.29. The Morgan fingerprint density at radius 2 is 2.12 bits per heavy atom. The van der Waals surface area contributed by atoms with E-state index in [9.17, 15) is 0 Å². The lowest BCUT2D eigenvalue weighted by molar-refractivity contribution is 0.636. The molecule has 2 N–H and O–H groups in total. The van der Waals surface area contributed by atoms with Crippen LogP contribution in [0.3, 0.4) is 0 Å². The van der Waals surface area contributed by atoms with Gasteiger partial charge < -0.3 is 5.73 Å². The van der Waals surface area contributed by atoms with Gasteiger partial charge >= 0.3 is 0 Å². The molecule has 3 rings (SSSR count). The Kier molecular flexibility index (Phi) is 3.07. The molecule has 0 radical (unpaired) electrons. The molecular formula is C11H17N5S. The molecule has 0 atom stereocenters. The predicted molar refractivity (Wildman–Crippen MR) is 67.2 cm³/mol. The number of hydrogen-bond donors (Lipinski definition) is 1. The van der Waals surface area contributed by atoms with Crippen LogP contribution in [0.2, 0.25) is 0 Å². The second-order valence-corrected chi connectivity index (χ2v) is 5.66. The van der Waals surface area contributed by atoms with Crippen LogP contribution in [0.1, 0.15) is 48.9 Å². The van der Waals surface area contributed by atoms with E-state index in [0.717, 1.165) is 35.2 Å². The van der Waals surface area contributed by atoms with E-state index in [1.165, 1.54) is 25.7 Å². The topological polar surface area (TPSA) is 69.1 Å². The Morgan fingerprint density at radius 3 is 2.88 bits per heavy atom. The Labute approximate surface area is 104 Å². The second-order valence-electron chi connectivity index (χ2n) is 4.62. The molecule has 2 aromatic rings. The van der Waals surface area contributed by atoms with Gasteiger partial charge in [0, 0.05) is 12.3 Å². The Hall–Kier alpha value is -1.01. The minimum absolute atomic E-state index is 0.564. The number of hydrogen-bond acceptors (Lipinski definition) is 5. The van der Waals surface area contributed by atoms with E-state index in [2.05, 4.69) is 15.3 Å². The van der Waals surface area contributed by atoms with Gasteiger partial charge in [0.15, 0.2) is 5.82 Å². The molecule has 6 heteroatoms. The maximum atomic E-state index is 5.52. The SMILES string of the molecule is NCCCc1nn2c(C3CCCC3)nnc2s1. The lowest BCUT2D eigenvalue weighted by atomic mass is 10.1. The van der Waals surface area contributed by atoms with Gasteiger partial charge in [-0.15, -0.1) is 10.2 Å². The van der Waals surface area contributed by atoms with E-state index >= 15 is 0 Å². The molecule has 1 aliphatic rings. The lowest BCUT2D eigenvalue weighted by Crippen LogP contribution is -2.03. The van der Waals surface area contributed by atoms with Crippen molar-refractivity contribution in [2.75, 3.05) is 6.54 Å². The normalized spacial score (nSPS) is 17.2. The van der Waals surface area contributed by atoms with Crippen molar-refractivity contribution >= 4 is 16.3 Å². The molecule has 0 unspecified atom stereocenters. The van der Waals surface area contributed by atoms with Gasteiger partial charge in [-0.1, -0.05) is 24.2 Å². The fourth-order valence-corrected chi connectivity index (χ4v) is 3.35. The van der Waals surface area contributed by atoms with Crippen LogP contribution in [0.15, 0.2) is 0 Å². The smallest absolute Gasteiger partial charge is 0.234 e. The Bertz CT molecular complexity index is 497. The number of fused-ring (bicyclic) bond motifs is 1. The van der Waals surface area contributed by atoms with Crippen molar-refractivity contribution in [2.24, 2.45) is 5.73 Å². The first kappa shape index (κ1) is 11.1. The highest BCUT2D eigenvalue weighted by atomic mass is 32.1. The maximum Gasteiger partial charge on any atom is 0.234 e. The van der Waals surface area contributed by atoms with Crippen LogP contribution in [0.5, 0.6) is 0 Å². The summed E-state index contributed by atoms with van der Waals surface area (Å²) in [5.41, 5.74) is 5.52. The highest BCUT2D eigenvalue weighted by Crippen LogP contribution is 2.33. The summed E-state index contributed by atoms with van der Waals surface area (Å²) in [7, 11) is 0. The molecule has 0 saturated heterocycles. The van der Waals surface area contributed by atoms with Crippen LogP contribution in [0.4, 0.5) is 0 Å². The van der Waals surface area contributed by atoms with Gasteiger partial charge in [-0.05, 0) is 25.8 Å². The van der Waals surface area contributed by atoms with Gasteiger partial charge in [0.05, 0.1) is 0 Å². The van der Waals surface area contributed by atoms with Crippen molar-refractivity contribution in [2.45, 2.75) is 44.4 Å². The summed E-state index contributed by atoms with van der Waals surface area (Å²) in [6, 6.07) is 0. The van der Waals surface area contributed by atoms with Crippen LogP contribution >= 0.6 is 11.3 Å². The monoisotopic (exact) mass is 251 g/mol. The third-order valence-corrected chi connectivity index (χ3v) is 4.33. The number of rotatable bonds is 4. The van der Waals surface area contributed by atoms with Gasteiger partial charge in [-0.3, -0.25) is 0 Å². The molecule has 0 amide bonds. The Morgan fingerprint density at radius 1 is 1.29 bits per heavy atom. The van der Waals surface area contributed by atoms with Crippen molar-refractivity contribution in [3.8, 4) is 0 Å². The second kappa shape index (κ2) is 4.70. The van der Waals surface area contributed by atoms with Crippen LogP contribution < -0.4 is 5.73 Å². The molecule has 2 heterocycles. The lowest BCUT2D eigenvalue weighted by Gasteiger charge is -2.03. The van der Waals surface area contributed by atoms with Gasteiger partial charge in [0.25, 0.3) is 0 Å². The van der Waals surface area contributed by atoms with E-state index < -0.39 is 0 Å². The van der Waals surface area contributed by atoms with E-state index in [1.807, 2.05) is 4.52 Å². The molecule has 0 bridgehead atoms. The van der Waals surface area contributed by atoms with E-state index in [1.54, 1.807) is 11.3 Å². The summed E-state index contributed by atoms with van der Waals surface area (Å²) in [5, 5.41) is 14.3. The molecular weight excluding hydrogens is 234 g/mol. The quantitative estimate of drug-likeness (QED) is 0.898. The molecule has 0 aromatic carbocycles. The number of aromatic nitrogens is 4. The third-order valence-electron chi connectivity index (χ3n) is 3.37. The average molecular weight is 251 g/mol. The standard InChI is InChI=1S/C11H17N5S/c12-7-3-6-9-15-16-10(8-4-1-2-5-8)13-14-11(16)17-9/h8H,1-7,12H2. The summed E-state index contributed by atoms with van der Waals surface area (Å²) < 4.78 is 1.95. The largest absolute Gasteiger partial charge is 0.330 e. The van der Waals surface area contributed by atoms with E-state index in [0.29, 0.717) is 5.92 Å². The first-order valence-corrected chi connectivity index (χ1v) is 7.11. The van der Waals surface area contributed by atoms with Crippen LogP contribution in [-0.4, -0.2) is 26.4 Å². The molecule has 0 aliphatic heterocycles. The van der Waals surface area contributed by atoms with Crippen molar-refractivity contribution in [1.29, 1.82) is 0 Å². The van der Waals surface area contributed by atoms with E-state index in [4.69, 9.17) is 5.73 Å². The minimum Gasteiger partial charge on any atom is -0.330 e. The summed E-state index contributed by atoms with van der Waals surface area (Å²) in [6.07, 6.45) is 7.03. The van der Waals surface area contributed by atoms with Crippen LogP contribution in [0, 0.1) is 0 Å². The number of nitrogens with zero attached hydrogens (tertiary/aromatic N) is 4. The minimum atomic E-state index is 0.564. The summed E-state index contributed by atoms with van der Waals surface area (Å²) in [4.78, 5) is 0.930. The predicted octanol–water partition coefficient (Wildman–Crippen LogP) is 1.73. The summed E-state index contributed by atoms with van der Waals surface area (Å²) >= 11 is 1.64. The molecule has 2 aromatic heterocycles. The highest BCUT2D eigenvalue weighted by Gasteiger charge is 2.23. The van der Waals surface area contributed by atoms with Gasteiger partial charge in [0.1, 0.15) is 5.01 Å². The van der Waals surface area contributed by atoms with Gasteiger partial charge in [-0.2, -0.15) is 9.61 Å². The van der Waals surface area contributed by atoms with Crippen molar-refractivity contribution in [3.05, 3.63) is 10.8 Å². The Balaban J connectivity index is 1.88. The van der Waals surface area contributed by atoms with Crippen molar-refractivity contribution in [3.63, 3.8) is 0 Å². The maximum absolute atomic E-state index is 5.52.